The summed E-state index contributed by atoms with van der Waals surface area (Å²) >= 11 is 3.53. The van der Waals surface area contributed by atoms with Crippen LogP contribution in [0.2, 0.25) is 0 Å². The van der Waals surface area contributed by atoms with Crippen LogP contribution in [0.25, 0.3) is 0 Å². The predicted octanol–water partition coefficient (Wildman–Crippen LogP) is 2.18. The fourth-order valence-electron chi connectivity index (χ4n) is 2.53. The van der Waals surface area contributed by atoms with Crippen LogP contribution in [0.3, 0.4) is 0 Å². The van der Waals surface area contributed by atoms with Gasteiger partial charge in [0.15, 0.2) is 0 Å². The SMILES string of the molecule is CN(CCCN1CCNCC1)Cc1cccc(Br)c1. The minimum absolute atomic E-state index is 1.03. The molecule has 0 aliphatic carbocycles. The molecule has 19 heavy (non-hydrogen) atoms. The zero-order chi connectivity index (χ0) is 13.5. The number of piperazine rings is 1. The van der Waals surface area contributed by atoms with E-state index in [1.807, 2.05) is 0 Å². The van der Waals surface area contributed by atoms with Crippen molar-refractivity contribution in [1.82, 2.24) is 15.1 Å². The molecule has 4 heteroatoms. The van der Waals surface area contributed by atoms with Crippen LogP contribution in [-0.2, 0) is 6.54 Å². The maximum absolute atomic E-state index is 3.53. The van der Waals surface area contributed by atoms with E-state index in [9.17, 15) is 0 Å². The molecule has 2 rings (SSSR count). The van der Waals surface area contributed by atoms with Crippen molar-refractivity contribution < 1.29 is 0 Å². The van der Waals surface area contributed by atoms with Crippen molar-refractivity contribution in [2.24, 2.45) is 0 Å². The van der Waals surface area contributed by atoms with Gasteiger partial charge in [0.1, 0.15) is 0 Å². The Hall–Kier alpha value is -0.420. The first-order valence-electron chi connectivity index (χ1n) is 7.10. The number of nitrogens with zero attached hydrogens (tertiary/aromatic N) is 2. The molecule has 0 unspecified atom stereocenters. The van der Waals surface area contributed by atoms with Crippen LogP contribution in [0, 0.1) is 0 Å². The number of benzene rings is 1. The molecule has 0 aromatic heterocycles. The summed E-state index contributed by atoms with van der Waals surface area (Å²) in [6.45, 7) is 8.12. The lowest BCUT2D eigenvalue weighted by molar-refractivity contribution is 0.220. The van der Waals surface area contributed by atoms with Crippen molar-refractivity contribution in [1.29, 1.82) is 0 Å². The van der Waals surface area contributed by atoms with Gasteiger partial charge in [0.25, 0.3) is 0 Å². The zero-order valence-corrected chi connectivity index (χ0v) is 13.3. The highest BCUT2D eigenvalue weighted by Gasteiger charge is 2.09. The molecule has 1 aliphatic heterocycles. The van der Waals surface area contributed by atoms with Crippen LogP contribution < -0.4 is 5.32 Å². The Bertz CT molecular complexity index is 377. The summed E-state index contributed by atoms with van der Waals surface area (Å²) in [7, 11) is 2.21. The molecule has 1 heterocycles. The van der Waals surface area contributed by atoms with Crippen molar-refractivity contribution in [2.75, 3.05) is 46.3 Å². The van der Waals surface area contributed by atoms with E-state index in [1.54, 1.807) is 0 Å². The largest absolute Gasteiger partial charge is 0.314 e. The Morgan fingerprint density at radius 1 is 1.32 bits per heavy atom. The fourth-order valence-corrected chi connectivity index (χ4v) is 2.97. The van der Waals surface area contributed by atoms with Gasteiger partial charge in [0.2, 0.25) is 0 Å². The molecule has 0 spiro atoms. The molecule has 1 aromatic rings. The highest BCUT2D eigenvalue weighted by Crippen LogP contribution is 2.13. The number of rotatable bonds is 6. The Kier molecular flexibility index (Phi) is 6.31. The molecule has 1 aliphatic rings. The molecule has 0 saturated carbocycles. The Morgan fingerprint density at radius 2 is 2.11 bits per heavy atom. The maximum atomic E-state index is 3.53. The molecule has 0 bridgehead atoms. The summed E-state index contributed by atoms with van der Waals surface area (Å²) in [5.74, 6) is 0. The van der Waals surface area contributed by atoms with Crippen LogP contribution in [0.1, 0.15) is 12.0 Å². The second kappa shape index (κ2) is 8.00. The van der Waals surface area contributed by atoms with E-state index >= 15 is 0 Å². The third-order valence-corrected chi connectivity index (χ3v) is 4.06. The van der Waals surface area contributed by atoms with Gasteiger partial charge in [0, 0.05) is 37.2 Å². The van der Waals surface area contributed by atoms with Gasteiger partial charge in [-0.3, -0.25) is 0 Å². The van der Waals surface area contributed by atoms with Gasteiger partial charge in [0.05, 0.1) is 0 Å². The van der Waals surface area contributed by atoms with E-state index in [4.69, 9.17) is 0 Å². The van der Waals surface area contributed by atoms with Gasteiger partial charge in [-0.15, -0.1) is 0 Å². The first-order valence-corrected chi connectivity index (χ1v) is 7.89. The van der Waals surface area contributed by atoms with Gasteiger partial charge in [-0.1, -0.05) is 28.1 Å². The molecule has 106 valence electrons. The van der Waals surface area contributed by atoms with E-state index in [0.29, 0.717) is 0 Å². The van der Waals surface area contributed by atoms with E-state index < -0.39 is 0 Å². The van der Waals surface area contributed by atoms with Gasteiger partial charge in [-0.25, -0.2) is 0 Å². The first-order chi connectivity index (χ1) is 9.24. The molecule has 0 atom stereocenters. The lowest BCUT2D eigenvalue weighted by atomic mass is 10.2. The van der Waals surface area contributed by atoms with Gasteiger partial charge >= 0.3 is 0 Å². The lowest BCUT2D eigenvalue weighted by Crippen LogP contribution is -2.44. The number of hydrogen-bond acceptors (Lipinski definition) is 3. The van der Waals surface area contributed by atoms with Crippen LogP contribution in [0.15, 0.2) is 28.7 Å². The quantitative estimate of drug-likeness (QED) is 0.864. The smallest absolute Gasteiger partial charge is 0.0231 e. The van der Waals surface area contributed by atoms with E-state index in [1.165, 1.54) is 36.1 Å². The molecule has 3 nitrogen and oxygen atoms in total. The Balaban J connectivity index is 1.65. The second-order valence-corrected chi connectivity index (χ2v) is 6.23. The minimum atomic E-state index is 1.03. The van der Waals surface area contributed by atoms with E-state index in [0.717, 1.165) is 26.2 Å². The normalized spacial score (nSPS) is 17.0. The molecule has 1 aromatic carbocycles. The summed E-state index contributed by atoms with van der Waals surface area (Å²) in [6, 6.07) is 8.58. The number of halogens is 1. The highest BCUT2D eigenvalue weighted by molar-refractivity contribution is 9.10. The van der Waals surface area contributed by atoms with Crippen molar-refractivity contribution in [3.05, 3.63) is 34.3 Å². The van der Waals surface area contributed by atoms with Crippen molar-refractivity contribution >= 4 is 15.9 Å². The molecular weight excluding hydrogens is 302 g/mol. The molecule has 1 N–H and O–H groups in total. The molecule has 1 fully saturated rings. The predicted molar refractivity (Wildman–Crippen MR) is 84.4 cm³/mol. The lowest BCUT2D eigenvalue weighted by Gasteiger charge is -2.28. The van der Waals surface area contributed by atoms with Crippen molar-refractivity contribution in [2.45, 2.75) is 13.0 Å². The third kappa shape index (κ3) is 5.61. The topological polar surface area (TPSA) is 18.5 Å². The number of hydrogen-bond donors (Lipinski definition) is 1. The van der Waals surface area contributed by atoms with Gasteiger partial charge in [-0.05, 0) is 44.3 Å². The zero-order valence-electron chi connectivity index (χ0n) is 11.7. The Labute approximate surface area is 125 Å². The third-order valence-electron chi connectivity index (χ3n) is 3.57. The molecule has 0 radical (unpaired) electrons. The average molecular weight is 326 g/mol. The summed E-state index contributed by atoms with van der Waals surface area (Å²) in [6.07, 6.45) is 1.25. The average Bonchev–Trinajstić information content (AvgIpc) is 2.40. The molecule has 1 saturated heterocycles. The van der Waals surface area contributed by atoms with Gasteiger partial charge in [-0.2, -0.15) is 0 Å². The van der Waals surface area contributed by atoms with Crippen LogP contribution in [-0.4, -0.2) is 56.1 Å². The Morgan fingerprint density at radius 3 is 2.84 bits per heavy atom. The van der Waals surface area contributed by atoms with Crippen molar-refractivity contribution in [3.8, 4) is 0 Å². The monoisotopic (exact) mass is 325 g/mol. The maximum Gasteiger partial charge on any atom is 0.0231 e. The second-order valence-electron chi connectivity index (χ2n) is 5.31. The fraction of sp³-hybridized carbons (Fsp3) is 0.600. The summed E-state index contributed by atoms with van der Waals surface area (Å²) in [5.41, 5.74) is 1.37. The summed E-state index contributed by atoms with van der Waals surface area (Å²) < 4.78 is 1.17. The standard InChI is InChI=1S/C15H24BrN3/c1-18(13-14-4-2-5-15(16)12-14)8-3-9-19-10-6-17-7-11-19/h2,4-5,12,17H,3,6-11,13H2,1H3. The van der Waals surface area contributed by atoms with E-state index in [-0.39, 0.29) is 0 Å². The highest BCUT2D eigenvalue weighted by atomic mass is 79.9. The minimum Gasteiger partial charge on any atom is -0.314 e. The van der Waals surface area contributed by atoms with Crippen molar-refractivity contribution in [3.63, 3.8) is 0 Å². The van der Waals surface area contributed by atoms with Crippen LogP contribution in [0.4, 0.5) is 0 Å². The first kappa shape index (κ1) is 15.0. The van der Waals surface area contributed by atoms with Crippen LogP contribution >= 0.6 is 15.9 Å². The summed E-state index contributed by atoms with van der Waals surface area (Å²) in [4.78, 5) is 4.97. The van der Waals surface area contributed by atoms with E-state index in [2.05, 4.69) is 62.4 Å². The molecule has 0 amide bonds. The molecular formula is C15H24BrN3. The summed E-state index contributed by atoms with van der Waals surface area (Å²) in [5, 5.41) is 3.40. The number of nitrogens with one attached hydrogen (secondary N) is 1. The van der Waals surface area contributed by atoms with Crippen LogP contribution in [0.5, 0.6) is 0 Å². The van der Waals surface area contributed by atoms with Gasteiger partial charge < -0.3 is 15.1 Å².